The summed E-state index contributed by atoms with van der Waals surface area (Å²) in [6, 6.07) is 0.405. The predicted octanol–water partition coefficient (Wildman–Crippen LogP) is 0.953. The van der Waals surface area contributed by atoms with E-state index in [0.29, 0.717) is 6.04 Å². The summed E-state index contributed by atoms with van der Waals surface area (Å²) in [6.45, 7) is 8.28. The van der Waals surface area contributed by atoms with Crippen molar-refractivity contribution in [3.8, 4) is 0 Å². The molecule has 0 radical (unpaired) electrons. The molecule has 1 fully saturated rings. The topological polar surface area (TPSA) is 24.4 Å². The summed E-state index contributed by atoms with van der Waals surface area (Å²) >= 11 is 0. The van der Waals surface area contributed by atoms with Crippen molar-refractivity contribution in [2.24, 2.45) is 4.99 Å². The molecule has 0 aromatic carbocycles. The molecule has 1 heterocycles. The van der Waals surface area contributed by atoms with Gasteiger partial charge in [-0.2, -0.15) is 0 Å². The molecule has 1 atom stereocenters. The molecular formula is C7H12N2. The van der Waals surface area contributed by atoms with Gasteiger partial charge in [-0.05, 0) is 26.1 Å². The summed E-state index contributed by atoms with van der Waals surface area (Å²) in [6.07, 6.45) is 2.40. The molecular weight excluding hydrogens is 112 g/mol. The van der Waals surface area contributed by atoms with Crippen LogP contribution in [0.2, 0.25) is 0 Å². The maximum Gasteiger partial charge on any atom is 0.0494 e. The highest BCUT2D eigenvalue weighted by Crippen LogP contribution is 2.12. The molecule has 0 unspecified atom stereocenters. The molecule has 1 rings (SSSR count). The normalized spacial score (nSPS) is 26.0. The quantitative estimate of drug-likeness (QED) is 0.545. The number of aliphatic imine (C=N–C) groups is 1. The molecule has 0 bridgehead atoms. The molecule has 50 valence electrons. The Balaban J connectivity index is 2.41. The van der Waals surface area contributed by atoms with Crippen molar-refractivity contribution in [1.82, 2.24) is 5.32 Å². The van der Waals surface area contributed by atoms with Gasteiger partial charge in [-0.25, -0.2) is 0 Å². The van der Waals surface area contributed by atoms with Crippen LogP contribution in [-0.2, 0) is 0 Å². The van der Waals surface area contributed by atoms with Crippen molar-refractivity contribution >= 4 is 6.72 Å². The highest BCUT2D eigenvalue weighted by Gasteiger charge is 2.15. The van der Waals surface area contributed by atoms with Gasteiger partial charge in [0.05, 0.1) is 0 Å². The third-order valence-corrected chi connectivity index (χ3v) is 1.67. The van der Waals surface area contributed by atoms with Crippen LogP contribution in [0.5, 0.6) is 0 Å². The zero-order valence-electron chi connectivity index (χ0n) is 5.56. The SMILES string of the molecule is C=NC(=C)[C@@H]1CCCN1. The Kier molecular flexibility index (Phi) is 2.01. The van der Waals surface area contributed by atoms with Crippen LogP contribution in [0.4, 0.5) is 0 Å². The summed E-state index contributed by atoms with van der Waals surface area (Å²) in [7, 11) is 0. The average Bonchev–Trinajstić information content (AvgIpc) is 2.37. The monoisotopic (exact) mass is 124 g/mol. The van der Waals surface area contributed by atoms with Crippen LogP contribution in [-0.4, -0.2) is 19.3 Å². The standard InChI is InChI=1S/C7H12N2/c1-6(8-2)7-4-3-5-9-7/h7,9H,1-5H2/t7-/m0/s1. The molecule has 1 N–H and O–H groups in total. The second kappa shape index (κ2) is 2.78. The van der Waals surface area contributed by atoms with Gasteiger partial charge in [0.15, 0.2) is 0 Å². The van der Waals surface area contributed by atoms with Crippen molar-refractivity contribution in [1.29, 1.82) is 0 Å². The Bertz CT molecular complexity index is 123. The maximum absolute atomic E-state index is 3.76. The van der Waals surface area contributed by atoms with E-state index in [2.05, 4.69) is 23.6 Å². The highest BCUT2D eigenvalue weighted by atomic mass is 15.0. The van der Waals surface area contributed by atoms with Crippen LogP contribution in [0, 0.1) is 0 Å². The van der Waals surface area contributed by atoms with Gasteiger partial charge >= 0.3 is 0 Å². The van der Waals surface area contributed by atoms with E-state index in [0.717, 1.165) is 18.7 Å². The van der Waals surface area contributed by atoms with Crippen molar-refractivity contribution in [3.63, 3.8) is 0 Å². The Morgan fingerprint density at radius 3 is 2.89 bits per heavy atom. The van der Waals surface area contributed by atoms with E-state index in [9.17, 15) is 0 Å². The minimum absolute atomic E-state index is 0.405. The van der Waals surface area contributed by atoms with E-state index < -0.39 is 0 Å². The lowest BCUT2D eigenvalue weighted by Gasteiger charge is -2.06. The first-order valence-electron chi connectivity index (χ1n) is 3.23. The molecule has 1 saturated heterocycles. The largest absolute Gasteiger partial charge is 0.309 e. The first-order valence-corrected chi connectivity index (χ1v) is 3.23. The summed E-state index contributed by atoms with van der Waals surface area (Å²) < 4.78 is 0. The van der Waals surface area contributed by atoms with Crippen molar-refractivity contribution in [3.05, 3.63) is 12.3 Å². The molecule has 0 amide bonds. The second-order valence-electron chi connectivity index (χ2n) is 2.30. The molecule has 0 aromatic heterocycles. The maximum atomic E-state index is 3.76. The van der Waals surface area contributed by atoms with Gasteiger partial charge in [0.2, 0.25) is 0 Å². The molecule has 1 aliphatic heterocycles. The Morgan fingerprint density at radius 2 is 2.44 bits per heavy atom. The van der Waals surface area contributed by atoms with E-state index in [1.54, 1.807) is 0 Å². The smallest absolute Gasteiger partial charge is 0.0494 e. The fourth-order valence-electron chi connectivity index (χ4n) is 1.08. The minimum Gasteiger partial charge on any atom is -0.309 e. The van der Waals surface area contributed by atoms with Gasteiger partial charge in [-0.15, -0.1) is 0 Å². The molecule has 0 aromatic rings. The van der Waals surface area contributed by atoms with Crippen molar-refractivity contribution < 1.29 is 0 Å². The van der Waals surface area contributed by atoms with Crippen LogP contribution in [0.1, 0.15) is 12.8 Å². The van der Waals surface area contributed by atoms with Gasteiger partial charge in [-0.1, -0.05) is 6.58 Å². The summed E-state index contributed by atoms with van der Waals surface area (Å²) in [5, 5.41) is 3.27. The third kappa shape index (κ3) is 1.39. The number of hydrogen-bond donors (Lipinski definition) is 1. The first kappa shape index (κ1) is 6.49. The zero-order chi connectivity index (χ0) is 6.69. The number of rotatable bonds is 2. The summed E-state index contributed by atoms with van der Waals surface area (Å²) in [4.78, 5) is 3.76. The summed E-state index contributed by atoms with van der Waals surface area (Å²) in [5.41, 5.74) is 0.882. The van der Waals surface area contributed by atoms with Crippen molar-refractivity contribution in [2.75, 3.05) is 6.54 Å². The van der Waals surface area contributed by atoms with E-state index >= 15 is 0 Å². The van der Waals surface area contributed by atoms with Crippen LogP contribution < -0.4 is 5.32 Å². The predicted molar refractivity (Wildman–Crippen MR) is 39.7 cm³/mol. The molecule has 0 aliphatic carbocycles. The van der Waals surface area contributed by atoms with Crippen LogP contribution in [0.15, 0.2) is 17.3 Å². The van der Waals surface area contributed by atoms with Gasteiger partial charge in [0.1, 0.15) is 0 Å². The van der Waals surface area contributed by atoms with Gasteiger partial charge in [0.25, 0.3) is 0 Å². The third-order valence-electron chi connectivity index (χ3n) is 1.67. The number of nitrogens with zero attached hydrogens (tertiary/aromatic N) is 1. The number of nitrogens with one attached hydrogen (secondary N) is 1. The summed E-state index contributed by atoms with van der Waals surface area (Å²) in [5.74, 6) is 0. The molecule has 0 spiro atoms. The minimum atomic E-state index is 0.405. The fourth-order valence-corrected chi connectivity index (χ4v) is 1.08. The Hall–Kier alpha value is -0.630. The Labute approximate surface area is 55.7 Å². The fraction of sp³-hybridized carbons (Fsp3) is 0.571. The molecule has 0 saturated carbocycles. The lowest BCUT2D eigenvalue weighted by atomic mass is 10.2. The first-order chi connectivity index (χ1) is 4.34. The van der Waals surface area contributed by atoms with Crippen LogP contribution in [0.3, 0.4) is 0 Å². The average molecular weight is 124 g/mol. The van der Waals surface area contributed by atoms with Gasteiger partial charge in [0, 0.05) is 11.7 Å². The van der Waals surface area contributed by atoms with E-state index in [1.807, 2.05) is 0 Å². The zero-order valence-corrected chi connectivity index (χ0v) is 5.56. The molecule has 2 heteroatoms. The highest BCUT2D eigenvalue weighted by molar-refractivity contribution is 5.29. The van der Waals surface area contributed by atoms with E-state index in [4.69, 9.17) is 0 Å². The van der Waals surface area contributed by atoms with Gasteiger partial charge < -0.3 is 5.32 Å². The molecule has 2 nitrogen and oxygen atoms in total. The van der Waals surface area contributed by atoms with Crippen LogP contribution >= 0.6 is 0 Å². The second-order valence-corrected chi connectivity index (χ2v) is 2.30. The lowest BCUT2D eigenvalue weighted by molar-refractivity contribution is 0.686. The van der Waals surface area contributed by atoms with E-state index in [-0.39, 0.29) is 0 Å². The van der Waals surface area contributed by atoms with Crippen molar-refractivity contribution in [2.45, 2.75) is 18.9 Å². The van der Waals surface area contributed by atoms with Gasteiger partial charge in [-0.3, -0.25) is 4.99 Å². The van der Waals surface area contributed by atoms with E-state index in [1.165, 1.54) is 6.42 Å². The number of hydrogen-bond acceptors (Lipinski definition) is 2. The molecule has 9 heavy (non-hydrogen) atoms. The van der Waals surface area contributed by atoms with Crippen LogP contribution in [0.25, 0.3) is 0 Å². The molecule has 1 aliphatic rings. The lowest BCUT2D eigenvalue weighted by Crippen LogP contribution is -2.21. The Morgan fingerprint density at radius 1 is 1.67 bits per heavy atom.